The van der Waals surface area contributed by atoms with Crippen molar-refractivity contribution in [3.63, 3.8) is 0 Å². The van der Waals surface area contributed by atoms with Crippen molar-refractivity contribution >= 4 is 5.69 Å². The number of non-ortho nitro benzene ring substituents is 1. The lowest BCUT2D eigenvalue weighted by atomic mass is 10.0. The molecule has 0 aliphatic heterocycles. The molecule has 0 radical (unpaired) electrons. The average molecular weight is 206 g/mol. The zero-order valence-electron chi connectivity index (χ0n) is 8.43. The summed E-state index contributed by atoms with van der Waals surface area (Å²) in [5.74, 6) is 0.735. The van der Waals surface area contributed by atoms with Crippen LogP contribution in [0.2, 0.25) is 0 Å². The van der Waals surface area contributed by atoms with E-state index in [1.807, 2.05) is 6.07 Å². The number of rotatable bonds is 4. The molecule has 1 saturated carbocycles. The topological polar surface area (TPSA) is 69.2 Å². The maximum atomic E-state index is 10.6. The number of nitrogens with two attached hydrogens (primary N) is 1. The quantitative estimate of drug-likeness (QED) is 0.607. The van der Waals surface area contributed by atoms with Gasteiger partial charge in [0.05, 0.1) is 4.92 Å². The van der Waals surface area contributed by atoms with Crippen molar-refractivity contribution < 1.29 is 4.92 Å². The van der Waals surface area contributed by atoms with Crippen molar-refractivity contribution in [1.82, 2.24) is 0 Å². The van der Waals surface area contributed by atoms with Gasteiger partial charge in [-0.05, 0) is 17.9 Å². The zero-order valence-corrected chi connectivity index (χ0v) is 8.43. The molecule has 0 heterocycles. The highest BCUT2D eigenvalue weighted by molar-refractivity contribution is 5.35. The third kappa shape index (κ3) is 2.53. The lowest BCUT2D eigenvalue weighted by Gasteiger charge is -2.10. The van der Waals surface area contributed by atoms with Gasteiger partial charge in [-0.3, -0.25) is 10.1 Å². The Balaban J connectivity index is 2.11. The molecule has 1 aliphatic rings. The van der Waals surface area contributed by atoms with Crippen LogP contribution >= 0.6 is 0 Å². The molecule has 0 bridgehead atoms. The Bertz CT molecular complexity index is 375. The Hall–Kier alpha value is -1.42. The Morgan fingerprint density at radius 1 is 1.53 bits per heavy atom. The van der Waals surface area contributed by atoms with E-state index in [-0.39, 0.29) is 16.7 Å². The molecule has 2 N–H and O–H groups in total. The fourth-order valence-electron chi connectivity index (χ4n) is 1.72. The number of nitro benzene ring substituents is 1. The van der Waals surface area contributed by atoms with Crippen molar-refractivity contribution in [1.29, 1.82) is 0 Å². The Labute approximate surface area is 88.2 Å². The highest BCUT2D eigenvalue weighted by atomic mass is 16.6. The molecule has 15 heavy (non-hydrogen) atoms. The van der Waals surface area contributed by atoms with Crippen LogP contribution in [-0.4, -0.2) is 4.92 Å². The van der Waals surface area contributed by atoms with Crippen LogP contribution in [0.15, 0.2) is 24.3 Å². The van der Waals surface area contributed by atoms with Crippen LogP contribution in [0.3, 0.4) is 0 Å². The van der Waals surface area contributed by atoms with Crippen molar-refractivity contribution in [2.75, 3.05) is 0 Å². The number of hydrogen-bond donors (Lipinski definition) is 1. The van der Waals surface area contributed by atoms with Gasteiger partial charge in [0.25, 0.3) is 5.69 Å². The number of hydrogen-bond acceptors (Lipinski definition) is 3. The van der Waals surface area contributed by atoms with Gasteiger partial charge in [0, 0.05) is 18.2 Å². The van der Waals surface area contributed by atoms with E-state index in [1.54, 1.807) is 12.1 Å². The van der Waals surface area contributed by atoms with Crippen LogP contribution in [0.1, 0.15) is 30.9 Å². The van der Waals surface area contributed by atoms with Gasteiger partial charge in [-0.15, -0.1) is 0 Å². The van der Waals surface area contributed by atoms with E-state index in [2.05, 4.69) is 0 Å². The molecule has 1 atom stereocenters. The number of nitrogens with zero attached hydrogens (tertiary/aromatic N) is 1. The summed E-state index contributed by atoms with van der Waals surface area (Å²) >= 11 is 0. The molecule has 1 aliphatic carbocycles. The van der Waals surface area contributed by atoms with Gasteiger partial charge in [0.15, 0.2) is 0 Å². The van der Waals surface area contributed by atoms with Crippen molar-refractivity contribution in [2.24, 2.45) is 11.7 Å². The normalized spacial score (nSPS) is 17.4. The van der Waals surface area contributed by atoms with E-state index >= 15 is 0 Å². The van der Waals surface area contributed by atoms with Gasteiger partial charge in [0.1, 0.15) is 0 Å². The molecule has 80 valence electrons. The van der Waals surface area contributed by atoms with E-state index in [4.69, 9.17) is 5.73 Å². The van der Waals surface area contributed by atoms with Gasteiger partial charge in [-0.25, -0.2) is 0 Å². The Kier molecular flexibility index (Phi) is 2.68. The molecule has 2 rings (SSSR count). The molecule has 4 nitrogen and oxygen atoms in total. The van der Waals surface area contributed by atoms with Gasteiger partial charge in [0.2, 0.25) is 0 Å². The minimum atomic E-state index is -0.382. The number of benzene rings is 1. The Morgan fingerprint density at radius 3 is 2.87 bits per heavy atom. The van der Waals surface area contributed by atoms with Gasteiger partial charge >= 0.3 is 0 Å². The van der Waals surface area contributed by atoms with Crippen molar-refractivity contribution in [3.05, 3.63) is 39.9 Å². The smallest absolute Gasteiger partial charge is 0.269 e. The minimum Gasteiger partial charge on any atom is -0.324 e. The van der Waals surface area contributed by atoms with Gasteiger partial charge in [-0.1, -0.05) is 25.0 Å². The molecule has 1 aromatic carbocycles. The molecule has 4 heteroatoms. The third-order valence-electron chi connectivity index (χ3n) is 2.79. The summed E-state index contributed by atoms with van der Waals surface area (Å²) in [7, 11) is 0. The largest absolute Gasteiger partial charge is 0.324 e. The summed E-state index contributed by atoms with van der Waals surface area (Å²) in [4.78, 5) is 10.2. The van der Waals surface area contributed by atoms with E-state index in [0.29, 0.717) is 0 Å². The minimum absolute atomic E-state index is 0.0580. The monoisotopic (exact) mass is 206 g/mol. The SMILES string of the molecule is N[C@H](CC1CC1)c1cccc([N+](=O)[O-])c1. The first-order valence-corrected chi connectivity index (χ1v) is 5.17. The standard InChI is InChI=1S/C11H14N2O2/c12-11(6-8-4-5-8)9-2-1-3-10(7-9)13(14)15/h1-3,7-8,11H,4-6,12H2/t11-/m1/s1. The molecule has 0 amide bonds. The molecule has 0 spiro atoms. The Morgan fingerprint density at radius 2 is 2.27 bits per heavy atom. The van der Waals surface area contributed by atoms with Crippen molar-refractivity contribution in [3.8, 4) is 0 Å². The second-order valence-electron chi connectivity index (χ2n) is 4.14. The molecule has 0 saturated heterocycles. The average Bonchev–Trinajstić information content (AvgIpc) is 3.02. The second kappa shape index (κ2) is 3.98. The summed E-state index contributed by atoms with van der Waals surface area (Å²) in [6.07, 6.45) is 3.45. The zero-order chi connectivity index (χ0) is 10.8. The van der Waals surface area contributed by atoms with E-state index < -0.39 is 0 Å². The van der Waals surface area contributed by atoms with Crippen LogP contribution in [0, 0.1) is 16.0 Å². The lowest BCUT2D eigenvalue weighted by Crippen LogP contribution is -2.11. The van der Waals surface area contributed by atoms with Crippen LogP contribution in [0.5, 0.6) is 0 Å². The lowest BCUT2D eigenvalue weighted by molar-refractivity contribution is -0.384. The first kappa shape index (κ1) is 10.1. The predicted molar refractivity (Wildman–Crippen MR) is 57.4 cm³/mol. The summed E-state index contributed by atoms with van der Waals surface area (Å²) in [6.45, 7) is 0. The fraction of sp³-hybridized carbons (Fsp3) is 0.455. The molecule has 0 unspecified atom stereocenters. The van der Waals surface area contributed by atoms with Crippen LogP contribution in [0.4, 0.5) is 5.69 Å². The number of nitro groups is 1. The van der Waals surface area contributed by atoms with Crippen LogP contribution in [0.25, 0.3) is 0 Å². The van der Waals surface area contributed by atoms with E-state index in [9.17, 15) is 10.1 Å². The van der Waals surface area contributed by atoms with Crippen LogP contribution in [-0.2, 0) is 0 Å². The van der Waals surface area contributed by atoms with Crippen LogP contribution < -0.4 is 5.73 Å². The summed E-state index contributed by atoms with van der Waals surface area (Å²) in [6, 6.07) is 6.57. The molecule has 0 aromatic heterocycles. The third-order valence-corrected chi connectivity index (χ3v) is 2.79. The highest BCUT2D eigenvalue weighted by Gasteiger charge is 2.24. The van der Waals surface area contributed by atoms with Gasteiger partial charge < -0.3 is 5.73 Å². The summed E-state index contributed by atoms with van der Waals surface area (Å²) in [5, 5.41) is 10.6. The molecular weight excluding hydrogens is 192 g/mol. The second-order valence-corrected chi connectivity index (χ2v) is 4.14. The van der Waals surface area contributed by atoms with E-state index in [0.717, 1.165) is 17.9 Å². The maximum Gasteiger partial charge on any atom is 0.269 e. The van der Waals surface area contributed by atoms with Crippen molar-refractivity contribution in [2.45, 2.75) is 25.3 Å². The summed E-state index contributed by atoms with van der Waals surface area (Å²) < 4.78 is 0. The molecule has 1 aromatic rings. The maximum absolute atomic E-state index is 10.6. The highest BCUT2D eigenvalue weighted by Crippen LogP contribution is 2.37. The molecule has 1 fully saturated rings. The van der Waals surface area contributed by atoms with Gasteiger partial charge in [-0.2, -0.15) is 0 Å². The first-order valence-electron chi connectivity index (χ1n) is 5.17. The predicted octanol–water partition coefficient (Wildman–Crippen LogP) is 2.39. The summed E-state index contributed by atoms with van der Waals surface area (Å²) in [5.41, 5.74) is 6.98. The van der Waals surface area contributed by atoms with E-state index in [1.165, 1.54) is 18.9 Å². The molecular formula is C11H14N2O2. The first-order chi connectivity index (χ1) is 7.16. The fourth-order valence-corrected chi connectivity index (χ4v) is 1.72.